The Morgan fingerprint density at radius 1 is 1.06 bits per heavy atom. The Morgan fingerprint density at radius 3 is 2.52 bits per heavy atom. The summed E-state index contributed by atoms with van der Waals surface area (Å²) < 4.78 is 28.5. The number of para-hydroxylation sites is 1. The summed E-state index contributed by atoms with van der Waals surface area (Å²) in [5.74, 6) is 0.358. The van der Waals surface area contributed by atoms with Gasteiger partial charge in [-0.25, -0.2) is 13.1 Å². The molecule has 1 saturated carbocycles. The van der Waals surface area contributed by atoms with Crippen LogP contribution in [0.5, 0.6) is 0 Å². The van der Waals surface area contributed by atoms with Crippen LogP contribution >= 0.6 is 0 Å². The van der Waals surface area contributed by atoms with Gasteiger partial charge in [-0.3, -0.25) is 4.79 Å². The van der Waals surface area contributed by atoms with Gasteiger partial charge in [-0.1, -0.05) is 37.1 Å². The first-order valence-electron chi connectivity index (χ1n) is 11.1. The van der Waals surface area contributed by atoms with Crippen LogP contribution in [0.4, 0.5) is 5.69 Å². The molecule has 2 aromatic rings. The molecule has 0 aromatic heterocycles. The highest BCUT2D eigenvalue weighted by atomic mass is 32.2. The largest absolute Gasteiger partial charge is 0.305 e. The first-order valence-corrected chi connectivity index (χ1v) is 12.6. The van der Waals surface area contributed by atoms with Crippen LogP contribution in [0.3, 0.4) is 0 Å². The fourth-order valence-corrected chi connectivity index (χ4v) is 6.44. The second-order valence-corrected chi connectivity index (χ2v) is 11.6. The summed E-state index contributed by atoms with van der Waals surface area (Å²) in [4.78, 5) is 16.0. The first kappa shape index (κ1) is 22.0. The minimum atomic E-state index is -3.73. The zero-order valence-corrected chi connectivity index (χ0v) is 19.6. The lowest BCUT2D eigenvalue weighted by Gasteiger charge is -2.45. The molecule has 6 heteroatoms. The molecule has 166 valence electrons. The fraction of sp³-hybridized carbons (Fsp3) is 0.480. The Labute approximate surface area is 185 Å². The maximum absolute atomic E-state index is 13.9. The van der Waals surface area contributed by atoms with Crippen molar-refractivity contribution in [1.29, 1.82) is 0 Å². The van der Waals surface area contributed by atoms with Crippen molar-refractivity contribution in [2.75, 3.05) is 4.90 Å². The van der Waals surface area contributed by atoms with Crippen molar-refractivity contribution in [3.8, 4) is 0 Å². The molecule has 1 fully saturated rings. The van der Waals surface area contributed by atoms with Gasteiger partial charge in [-0.2, -0.15) is 0 Å². The number of hydrogen-bond donors (Lipinski definition) is 1. The minimum absolute atomic E-state index is 0.102. The van der Waals surface area contributed by atoms with Crippen LogP contribution < -0.4 is 9.62 Å². The number of amides is 1. The van der Waals surface area contributed by atoms with Crippen LogP contribution in [-0.4, -0.2) is 25.9 Å². The van der Waals surface area contributed by atoms with Crippen molar-refractivity contribution in [2.24, 2.45) is 5.92 Å². The number of benzene rings is 2. The smallest absolute Gasteiger partial charge is 0.258 e. The molecule has 5 nitrogen and oxygen atoms in total. The van der Waals surface area contributed by atoms with Gasteiger partial charge in [-0.05, 0) is 82.2 Å². The molecule has 1 aliphatic heterocycles. The summed E-state index contributed by atoms with van der Waals surface area (Å²) >= 11 is 0. The van der Waals surface area contributed by atoms with Crippen LogP contribution in [0, 0.1) is 12.8 Å². The summed E-state index contributed by atoms with van der Waals surface area (Å²) in [5.41, 5.74) is 2.81. The van der Waals surface area contributed by atoms with Crippen LogP contribution in [0.2, 0.25) is 0 Å². The lowest BCUT2D eigenvalue weighted by Crippen LogP contribution is -2.50. The van der Waals surface area contributed by atoms with E-state index < -0.39 is 15.6 Å². The number of sulfonamides is 1. The van der Waals surface area contributed by atoms with Gasteiger partial charge in [0.15, 0.2) is 0 Å². The van der Waals surface area contributed by atoms with Crippen LogP contribution in [0.25, 0.3) is 0 Å². The van der Waals surface area contributed by atoms with E-state index in [2.05, 4.69) is 10.8 Å². The molecule has 0 bridgehead atoms. The molecule has 1 amide bonds. The lowest BCUT2D eigenvalue weighted by molar-refractivity contribution is 0.0951. The molecule has 2 aliphatic rings. The van der Waals surface area contributed by atoms with E-state index in [-0.39, 0.29) is 16.8 Å². The quantitative estimate of drug-likeness (QED) is 0.743. The van der Waals surface area contributed by atoms with Crippen molar-refractivity contribution in [3.63, 3.8) is 0 Å². The summed E-state index contributed by atoms with van der Waals surface area (Å²) in [6.45, 7) is 7.28. The SMILES string of the molecule is Cc1ccc(S(=O)(=O)NC(C)(C)C)cc1C(=O)N1c2ccccc2CC2CCCCC21. The number of carbonyl (C=O) groups is 1. The van der Waals surface area contributed by atoms with E-state index in [1.807, 2.05) is 30.0 Å². The lowest BCUT2D eigenvalue weighted by atomic mass is 9.76. The van der Waals surface area contributed by atoms with Crippen molar-refractivity contribution in [3.05, 3.63) is 59.2 Å². The van der Waals surface area contributed by atoms with Crippen LogP contribution in [-0.2, 0) is 16.4 Å². The van der Waals surface area contributed by atoms with Crippen molar-refractivity contribution in [1.82, 2.24) is 4.72 Å². The first-order chi connectivity index (χ1) is 14.6. The molecule has 4 rings (SSSR count). The summed E-state index contributed by atoms with van der Waals surface area (Å²) in [5, 5.41) is 0. The molecule has 1 aliphatic carbocycles. The second-order valence-electron chi connectivity index (χ2n) is 9.95. The molecular weight excluding hydrogens is 408 g/mol. The Kier molecular flexibility index (Phi) is 5.73. The Bertz CT molecular complexity index is 1100. The highest BCUT2D eigenvalue weighted by Gasteiger charge is 2.39. The molecule has 2 unspecified atom stereocenters. The normalized spacial score (nSPS) is 21.4. The summed E-state index contributed by atoms with van der Waals surface area (Å²) in [7, 11) is -3.73. The Morgan fingerprint density at radius 2 is 1.77 bits per heavy atom. The average molecular weight is 441 g/mol. The van der Waals surface area contributed by atoms with Crippen molar-refractivity contribution < 1.29 is 13.2 Å². The highest BCUT2D eigenvalue weighted by molar-refractivity contribution is 7.89. The van der Waals surface area contributed by atoms with E-state index in [0.29, 0.717) is 11.5 Å². The molecule has 2 atom stereocenters. The third kappa shape index (κ3) is 4.41. The Balaban J connectivity index is 1.77. The summed E-state index contributed by atoms with van der Waals surface area (Å²) in [6, 6.07) is 13.2. The monoisotopic (exact) mass is 440 g/mol. The highest BCUT2D eigenvalue weighted by Crippen LogP contribution is 2.41. The van der Waals surface area contributed by atoms with Gasteiger partial charge >= 0.3 is 0 Å². The average Bonchev–Trinajstić information content (AvgIpc) is 2.70. The predicted octanol–water partition coefficient (Wildman–Crippen LogP) is 4.83. The van der Waals surface area contributed by atoms with Gasteiger partial charge in [0.2, 0.25) is 10.0 Å². The maximum Gasteiger partial charge on any atom is 0.258 e. The minimum Gasteiger partial charge on any atom is -0.305 e. The number of hydrogen-bond acceptors (Lipinski definition) is 3. The number of anilines is 1. The predicted molar refractivity (Wildman–Crippen MR) is 124 cm³/mol. The molecule has 31 heavy (non-hydrogen) atoms. The van der Waals surface area contributed by atoms with Crippen molar-refractivity contribution >= 4 is 21.6 Å². The zero-order chi connectivity index (χ0) is 22.4. The number of nitrogens with one attached hydrogen (secondary N) is 1. The standard InChI is InChI=1S/C25H32N2O3S/c1-17-13-14-20(31(29,30)26-25(2,3)4)16-21(17)24(28)27-22-11-7-5-9-18(22)15-19-10-6-8-12-23(19)27/h5,7,9,11,13-14,16,19,23,26H,6,8,10,12,15H2,1-4H3. The van der Waals surface area contributed by atoms with Crippen molar-refractivity contribution in [2.45, 2.75) is 76.3 Å². The molecule has 0 spiro atoms. The molecule has 1 N–H and O–H groups in total. The van der Waals surface area contributed by atoms with Gasteiger partial charge in [0, 0.05) is 22.8 Å². The molecule has 2 aromatic carbocycles. The number of aryl methyl sites for hydroxylation is 1. The van der Waals surface area contributed by atoms with E-state index >= 15 is 0 Å². The molecular formula is C25H32N2O3S. The number of fused-ring (bicyclic) bond motifs is 2. The molecule has 1 heterocycles. The third-order valence-corrected chi connectivity index (χ3v) is 8.10. The second kappa shape index (κ2) is 8.06. The molecule has 0 radical (unpaired) electrons. The topological polar surface area (TPSA) is 66.5 Å². The number of rotatable bonds is 3. The number of nitrogens with zero attached hydrogens (tertiary/aromatic N) is 1. The zero-order valence-electron chi connectivity index (χ0n) is 18.8. The van der Waals surface area contributed by atoms with E-state index in [4.69, 9.17) is 0 Å². The molecule has 0 saturated heterocycles. The van der Waals surface area contributed by atoms with E-state index in [9.17, 15) is 13.2 Å². The van der Waals surface area contributed by atoms with Crippen LogP contribution in [0.15, 0.2) is 47.4 Å². The van der Waals surface area contributed by atoms with Gasteiger partial charge in [0.05, 0.1) is 4.90 Å². The van der Waals surface area contributed by atoms with Crippen LogP contribution in [0.1, 0.15) is 67.9 Å². The van der Waals surface area contributed by atoms with Gasteiger partial charge in [0.25, 0.3) is 5.91 Å². The summed E-state index contributed by atoms with van der Waals surface area (Å²) in [6.07, 6.45) is 5.46. The van der Waals surface area contributed by atoms with E-state index in [1.165, 1.54) is 12.0 Å². The number of carbonyl (C=O) groups excluding carboxylic acids is 1. The van der Waals surface area contributed by atoms with Gasteiger partial charge in [0.1, 0.15) is 0 Å². The third-order valence-electron chi connectivity index (χ3n) is 6.34. The van der Waals surface area contributed by atoms with E-state index in [0.717, 1.165) is 36.9 Å². The van der Waals surface area contributed by atoms with Gasteiger partial charge < -0.3 is 4.90 Å². The fourth-order valence-electron chi connectivity index (χ4n) is 5.00. The maximum atomic E-state index is 13.9. The van der Waals surface area contributed by atoms with Gasteiger partial charge in [-0.15, -0.1) is 0 Å². The Hall–Kier alpha value is -2.18. The van der Waals surface area contributed by atoms with E-state index in [1.54, 1.807) is 39.0 Å².